The molecule has 0 N–H and O–H groups in total. The maximum atomic E-state index is 6.72. The zero-order chi connectivity index (χ0) is 18.6. The summed E-state index contributed by atoms with van der Waals surface area (Å²) in [7, 11) is 0. The molecule has 0 heterocycles. The number of rotatable bonds is 6. The fourth-order valence-electron chi connectivity index (χ4n) is 7.55. The summed E-state index contributed by atoms with van der Waals surface area (Å²) in [6, 6.07) is 0. The lowest BCUT2D eigenvalue weighted by molar-refractivity contribution is -0.0736. The third-order valence-corrected chi connectivity index (χ3v) is 8.96. The molecule has 2 spiro atoms. The first kappa shape index (κ1) is 19.2. The average Bonchev–Trinajstić information content (AvgIpc) is 2.85. The van der Waals surface area contributed by atoms with Gasteiger partial charge in [-0.05, 0) is 80.5 Å². The van der Waals surface area contributed by atoms with Crippen molar-refractivity contribution in [1.29, 1.82) is 0 Å². The van der Waals surface area contributed by atoms with Crippen LogP contribution < -0.4 is 0 Å². The molecule has 0 aromatic carbocycles. The highest BCUT2D eigenvalue weighted by Crippen LogP contribution is 2.69. The van der Waals surface area contributed by atoms with Gasteiger partial charge in [0, 0.05) is 18.6 Å². The van der Waals surface area contributed by atoms with Crippen LogP contribution in [0.3, 0.4) is 0 Å². The molecule has 4 unspecified atom stereocenters. The molecular formula is C24H42O2. The summed E-state index contributed by atoms with van der Waals surface area (Å²) in [6.07, 6.45) is 14.7. The molecule has 2 heteroatoms. The smallest absolute Gasteiger partial charge is 0.0684 e. The van der Waals surface area contributed by atoms with Crippen molar-refractivity contribution in [2.75, 3.05) is 13.2 Å². The standard InChI is InChI=1S/C24H42O2/c1-6-25-20-22(4,5)13-15-24(20)17-18(24)9-16-26-19-21(2,3)12-14-23(19)10-7-8-11-23/h18-20H,6-17H2,1-5H3. The van der Waals surface area contributed by atoms with Crippen LogP contribution in [0.2, 0.25) is 0 Å². The van der Waals surface area contributed by atoms with E-state index in [1.807, 2.05) is 0 Å². The van der Waals surface area contributed by atoms with Crippen LogP contribution in [0.5, 0.6) is 0 Å². The Hall–Kier alpha value is -0.0800. The third kappa shape index (κ3) is 2.98. The Labute approximate surface area is 161 Å². The Morgan fingerprint density at radius 3 is 2.12 bits per heavy atom. The van der Waals surface area contributed by atoms with Crippen molar-refractivity contribution in [3.8, 4) is 0 Å². The molecule has 4 aliphatic rings. The average molecular weight is 363 g/mol. The zero-order valence-electron chi connectivity index (χ0n) is 18.0. The molecule has 4 fully saturated rings. The maximum absolute atomic E-state index is 6.72. The SMILES string of the molecule is CCOC1C(C)(C)CCC12CC2CCOC1C(C)(C)CCC12CCCC2. The van der Waals surface area contributed by atoms with Gasteiger partial charge in [0.05, 0.1) is 12.2 Å². The van der Waals surface area contributed by atoms with E-state index in [0.29, 0.717) is 33.9 Å². The lowest BCUT2D eigenvalue weighted by Crippen LogP contribution is -2.38. The second kappa shape index (κ2) is 6.48. The van der Waals surface area contributed by atoms with Gasteiger partial charge in [0.2, 0.25) is 0 Å². The van der Waals surface area contributed by atoms with Crippen molar-refractivity contribution in [2.24, 2.45) is 27.6 Å². The first-order valence-corrected chi connectivity index (χ1v) is 11.5. The van der Waals surface area contributed by atoms with Gasteiger partial charge in [-0.15, -0.1) is 0 Å². The van der Waals surface area contributed by atoms with Crippen molar-refractivity contribution >= 4 is 0 Å². The predicted octanol–water partition coefficient (Wildman–Crippen LogP) is 6.37. The zero-order valence-corrected chi connectivity index (χ0v) is 18.0. The van der Waals surface area contributed by atoms with Crippen LogP contribution >= 0.6 is 0 Å². The molecule has 0 aliphatic heterocycles. The molecule has 4 saturated carbocycles. The molecule has 0 bridgehead atoms. The molecule has 4 atom stereocenters. The van der Waals surface area contributed by atoms with Gasteiger partial charge in [0.15, 0.2) is 0 Å². The monoisotopic (exact) mass is 362 g/mol. The molecule has 0 amide bonds. The van der Waals surface area contributed by atoms with Crippen LogP contribution in [-0.4, -0.2) is 25.4 Å². The summed E-state index contributed by atoms with van der Waals surface area (Å²) >= 11 is 0. The Balaban J connectivity index is 1.34. The maximum Gasteiger partial charge on any atom is 0.0684 e. The van der Waals surface area contributed by atoms with E-state index in [-0.39, 0.29) is 0 Å². The van der Waals surface area contributed by atoms with E-state index in [4.69, 9.17) is 9.47 Å². The van der Waals surface area contributed by atoms with Gasteiger partial charge in [-0.2, -0.15) is 0 Å². The Morgan fingerprint density at radius 1 is 0.769 bits per heavy atom. The summed E-state index contributed by atoms with van der Waals surface area (Å²) in [5.74, 6) is 0.838. The molecular weight excluding hydrogens is 320 g/mol. The van der Waals surface area contributed by atoms with Gasteiger partial charge in [0.1, 0.15) is 0 Å². The number of hydrogen-bond acceptors (Lipinski definition) is 2. The normalized spacial score (nSPS) is 42.1. The lowest BCUT2D eigenvalue weighted by atomic mass is 9.77. The summed E-state index contributed by atoms with van der Waals surface area (Å²) in [4.78, 5) is 0. The Bertz CT molecular complexity index is 516. The Morgan fingerprint density at radius 2 is 1.42 bits per heavy atom. The number of hydrogen-bond donors (Lipinski definition) is 0. The second-order valence-electron chi connectivity index (χ2n) is 11.6. The van der Waals surface area contributed by atoms with Crippen LogP contribution in [0.1, 0.15) is 98.8 Å². The molecule has 4 aliphatic carbocycles. The summed E-state index contributed by atoms with van der Waals surface area (Å²) in [5, 5.41) is 0. The van der Waals surface area contributed by atoms with Crippen molar-refractivity contribution < 1.29 is 9.47 Å². The van der Waals surface area contributed by atoms with Crippen LogP contribution in [0.25, 0.3) is 0 Å². The van der Waals surface area contributed by atoms with E-state index < -0.39 is 0 Å². The van der Waals surface area contributed by atoms with Crippen LogP contribution in [-0.2, 0) is 9.47 Å². The lowest BCUT2D eigenvalue weighted by Gasteiger charge is -2.37. The van der Waals surface area contributed by atoms with Crippen LogP contribution in [0.4, 0.5) is 0 Å². The van der Waals surface area contributed by atoms with Gasteiger partial charge >= 0.3 is 0 Å². The summed E-state index contributed by atoms with van der Waals surface area (Å²) in [5.41, 5.74) is 1.73. The molecule has 4 rings (SSSR count). The fourth-order valence-corrected chi connectivity index (χ4v) is 7.55. The summed E-state index contributed by atoms with van der Waals surface area (Å²) in [6.45, 7) is 13.7. The van der Waals surface area contributed by atoms with E-state index >= 15 is 0 Å². The molecule has 26 heavy (non-hydrogen) atoms. The first-order valence-electron chi connectivity index (χ1n) is 11.5. The minimum Gasteiger partial charge on any atom is -0.377 e. The highest BCUT2D eigenvalue weighted by Gasteiger charge is 2.66. The molecule has 0 radical (unpaired) electrons. The van der Waals surface area contributed by atoms with Crippen molar-refractivity contribution in [1.82, 2.24) is 0 Å². The van der Waals surface area contributed by atoms with Gasteiger partial charge < -0.3 is 9.47 Å². The minimum atomic E-state index is 0.354. The fraction of sp³-hybridized carbons (Fsp3) is 1.00. The molecule has 0 saturated heterocycles. The topological polar surface area (TPSA) is 18.5 Å². The first-order chi connectivity index (χ1) is 12.3. The van der Waals surface area contributed by atoms with E-state index in [0.717, 1.165) is 19.1 Å². The van der Waals surface area contributed by atoms with Gasteiger partial charge in [-0.1, -0.05) is 40.5 Å². The largest absolute Gasteiger partial charge is 0.377 e. The summed E-state index contributed by atoms with van der Waals surface area (Å²) < 4.78 is 13.0. The molecule has 2 nitrogen and oxygen atoms in total. The highest BCUT2D eigenvalue weighted by atomic mass is 16.5. The van der Waals surface area contributed by atoms with Gasteiger partial charge in [-0.3, -0.25) is 0 Å². The molecule has 150 valence electrons. The van der Waals surface area contributed by atoms with E-state index in [2.05, 4.69) is 34.6 Å². The van der Waals surface area contributed by atoms with E-state index in [1.165, 1.54) is 64.2 Å². The quantitative estimate of drug-likeness (QED) is 0.546. The molecule has 0 aromatic heterocycles. The predicted molar refractivity (Wildman–Crippen MR) is 107 cm³/mol. The van der Waals surface area contributed by atoms with E-state index in [1.54, 1.807) is 0 Å². The van der Waals surface area contributed by atoms with Crippen molar-refractivity contribution in [2.45, 2.75) is 111 Å². The van der Waals surface area contributed by atoms with Crippen molar-refractivity contribution in [3.63, 3.8) is 0 Å². The molecule has 0 aromatic rings. The van der Waals surface area contributed by atoms with Gasteiger partial charge in [-0.25, -0.2) is 0 Å². The van der Waals surface area contributed by atoms with Crippen molar-refractivity contribution in [3.05, 3.63) is 0 Å². The number of ether oxygens (including phenoxy) is 2. The van der Waals surface area contributed by atoms with Gasteiger partial charge in [0.25, 0.3) is 0 Å². The highest BCUT2D eigenvalue weighted by molar-refractivity contribution is 5.15. The second-order valence-corrected chi connectivity index (χ2v) is 11.6. The third-order valence-electron chi connectivity index (χ3n) is 8.96. The minimum absolute atomic E-state index is 0.354. The van der Waals surface area contributed by atoms with Crippen LogP contribution in [0.15, 0.2) is 0 Å². The Kier molecular flexibility index (Phi) is 4.79. The van der Waals surface area contributed by atoms with Crippen LogP contribution in [0, 0.1) is 27.6 Å². The van der Waals surface area contributed by atoms with E-state index in [9.17, 15) is 0 Å².